The number of benzene rings is 1. The summed E-state index contributed by atoms with van der Waals surface area (Å²) in [6.45, 7) is 6.17. The molecule has 0 bridgehead atoms. The number of hydrogen-bond donors (Lipinski definition) is 2. The second kappa shape index (κ2) is 12.0. The maximum absolute atomic E-state index is 6.39. The molecule has 2 aromatic rings. The quantitative estimate of drug-likeness (QED) is 0.503. The van der Waals surface area contributed by atoms with Crippen molar-refractivity contribution in [1.29, 1.82) is 0 Å². The molecule has 1 unspecified atom stereocenters. The smallest absolute Gasteiger partial charge is 0.163 e. The average Bonchev–Trinajstić information content (AvgIpc) is 2.90. The molecule has 0 spiro atoms. The zero-order valence-electron chi connectivity index (χ0n) is 19.8. The lowest BCUT2D eigenvalue weighted by Crippen LogP contribution is -2.44. The fourth-order valence-electron chi connectivity index (χ4n) is 3.83. The van der Waals surface area contributed by atoms with Gasteiger partial charge >= 0.3 is 0 Å². The molecule has 1 atom stereocenters. The number of halogens is 2. The summed E-state index contributed by atoms with van der Waals surface area (Å²) in [5.74, 6) is 1.38. The number of nitrogens with two attached hydrogens (primary N) is 1. The highest BCUT2D eigenvalue weighted by molar-refractivity contribution is 6.42. The Kier molecular flexibility index (Phi) is 8.53. The number of aromatic nitrogens is 1. The molecule has 1 aliphatic carbocycles. The van der Waals surface area contributed by atoms with Crippen molar-refractivity contribution in [3.8, 4) is 0 Å². The van der Waals surface area contributed by atoms with Gasteiger partial charge in [0.2, 0.25) is 0 Å². The molecule has 188 valence electrons. The Morgan fingerprint density at radius 1 is 1.25 bits per heavy atom. The van der Waals surface area contributed by atoms with E-state index in [1.54, 1.807) is 49.9 Å². The first kappa shape index (κ1) is 25.6. The molecule has 1 aromatic carbocycles. The number of anilines is 2. The Morgan fingerprint density at radius 3 is 2.78 bits per heavy atom. The van der Waals surface area contributed by atoms with Crippen LogP contribution in [-0.4, -0.2) is 50.2 Å². The molecule has 36 heavy (non-hydrogen) atoms. The lowest BCUT2D eigenvalue weighted by molar-refractivity contribution is -0.00795. The summed E-state index contributed by atoms with van der Waals surface area (Å²) in [5.41, 5.74) is 9.35. The Labute approximate surface area is 220 Å². The topological polar surface area (TPSA) is 94.2 Å². The van der Waals surface area contributed by atoms with Crippen LogP contribution in [0.5, 0.6) is 0 Å². The van der Waals surface area contributed by atoms with Crippen LogP contribution in [0.2, 0.25) is 10.0 Å². The van der Waals surface area contributed by atoms with Gasteiger partial charge in [-0.15, -0.1) is 0 Å². The molecular formula is C26H27Cl2N5O3. The van der Waals surface area contributed by atoms with Crippen molar-refractivity contribution in [3.05, 3.63) is 101 Å². The van der Waals surface area contributed by atoms with Crippen LogP contribution in [0.1, 0.15) is 0 Å². The highest BCUT2D eigenvalue weighted by Crippen LogP contribution is 2.28. The number of nitrogens with one attached hydrogen (secondary N) is 1. The monoisotopic (exact) mass is 527 g/mol. The summed E-state index contributed by atoms with van der Waals surface area (Å²) in [6, 6.07) is 9.13. The van der Waals surface area contributed by atoms with E-state index < -0.39 is 0 Å². The zero-order chi connectivity index (χ0) is 25.5. The van der Waals surface area contributed by atoms with E-state index >= 15 is 0 Å². The number of pyridine rings is 1. The molecule has 0 radical (unpaired) electrons. The third kappa shape index (κ3) is 6.20. The molecular weight excluding hydrogens is 501 g/mol. The molecule has 1 aliphatic heterocycles. The van der Waals surface area contributed by atoms with Gasteiger partial charge in [-0.3, -0.25) is 9.98 Å². The zero-order valence-corrected chi connectivity index (χ0v) is 21.3. The van der Waals surface area contributed by atoms with Crippen LogP contribution in [-0.2, 0) is 14.2 Å². The first-order chi connectivity index (χ1) is 17.5. The summed E-state index contributed by atoms with van der Waals surface area (Å²) < 4.78 is 17.7. The minimum absolute atomic E-state index is 0.121. The van der Waals surface area contributed by atoms with Gasteiger partial charge in [0.05, 0.1) is 29.5 Å². The molecule has 1 aromatic heterocycles. The minimum Gasteiger partial charge on any atom is -0.493 e. The summed E-state index contributed by atoms with van der Waals surface area (Å²) in [5, 5.41) is 4.00. The van der Waals surface area contributed by atoms with Gasteiger partial charge in [-0.25, -0.2) is 0 Å². The van der Waals surface area contributed by atoms with Crippen molar-refractivity contribution in [2.24, 2.45) is 10.7 Å². The van der Waals surface area contributed by atoms with E-state index in [0.29, 0.717) is 64.1 Å². The van der Waals surface area contributed by atoms with Crippen LogP contribution in [0.4, 0.5) is 11.4 Å². The fraction of sp³-hybridized carbons (Fsp3) is 0.231. The standard InChI is InChI=1S/C26H27Cl2N5O3/c1-3-31-23-14-25(36-16-19-15-33(10-11-35-19)18-6-8-30-9-7-18)24(34-2)13-20(23)26(29)32-17-4-5-21(27)22(28)12-17/h3-9,12-14,19,32H,1,10-11,15-16,29H2,2H3/b26-20+,31-23-. The Bertz CT molecular complexity index is 1230. The molecule has 8 nitrogen and oxygen atoms in total. The number of methoxy groups -OCH3 is 1. The summed E-state index contributed by atoms with van der Waals surface area (Å²) >= 11 is 12.1. The van der Waals surface area contributed by atoms with Gasteiger partial charge in [0, 0.05) is 54.7 Å². The van der Waals surface area contributed by atoms with Crippen LogP contribution >= 0.6 is 23.2 Å². The molecule has 0 saturated carbocycles. The van der Waals surface area contributed by atoms with Gasteiger partial charge in [0.1, 0.15) is 18.5 Å². The van der Waals surface area contributed by atoms with Gasteiger partial charge in [-0.1, -0.05) is 29.8 Å². The van der Waals surface area contributed by atoms with Crippen LogP contribution in [0.3, 0.4) is 0 Å². The third-order valence-electron chi connectivity index (χ3n) is 5.59. The summed E-state index contributed by atoms with van der Waals surface area (Å²) in [6.07, 6.45) is 8.42. The van der Waals surface area contributed by atoms with E-state index in [1.807, 2.05) is 12.1 Å². The van der Waals surface area contributed by atoms with Crippen LogP contribution < -0.4 is 16.0 Å². The molecule has 10 heteroatoms. The molecule has 2 heterocycles. The van der Waals surface area contributed by atoms with Gasteiger partial charge in [0.15, 0.2) is 11.5 Å². The van der Waals surface area contributed by atoms with E-state index in [1.165, 1.54) is 6.20 Å². The number of rotatable bonds is 8. The second-order valence-electron chi connectivity index (χ2n) is 7.95. The largest absolute Gasteiger partial charge is 0.493 e. The first-order valence-corrected chi connectivity index (χ1v) is 12.0. The minimum atomic E-state index is -0.121. The molecule has 2 aliphatic rings. The van der Waals surface area contributed by atoms with Crippen LogP contribution in [0.15, 0.2) is 95.6 Å². The third-order valence-corrected chi connectivity index (χ3v) is 6.33. The fourth-order valence-corrected chi connectivity index (χ4v) is 4.13. The van der Waals surface area contributed by atoms with Gasteiger partial charge in [0.25, 0.3) is 0 Å². The van der Waals surface area contributed by atoms with E-state index in [-0.39, 0.29) is 6.10 Å². The Morgan fingerprint density at radius 2 is 2.06 bits per heavy atom. The molecule has 0 amide bonds. The van der Waals surface area contributed by atoms with Crippen molar-refractivity contribution < 1.29 is 14.2 Å². The van der Waals surface area contributed by atoms with Crippen LogP contribution in [0, 0.1) is 0 Å². The van der Waals surface area contributed by atoms with Gasteiger partial charge in [-0.05, 0) is 36.4 Å². The number of nitrogens with zero attached hydrogens (tertiary/aromatic N) is 3. The number of aliphatic imine (C=N–C) groups is 1. The first-order valence-electron chi connectivity index (χ1n) is 11.3. The average molecular weight is 528 g/mol. The molecule has 1 saturated heterocycles. The summed E-state index contributed by atoms with van der Waals surface area (Å²) in [7, 11) is 1.57. The maximum atomic E-state index is 6.39. The second-order valence-corrected chi connectivity index (χ2v) is 8.77. The highest BCUT2D eigenvalue weighted by atomic mass is 35.5. The molecule has 3 N–H and O–H groups in total. The van der Waals surface area contributed by atoms with E-state index in [9.17, 15) is 0 Å². The van der Waals surface area contributed by atoms with Gasteiger partial charge < -0.3 is 30.2 Å². The predicted molar refractivity (Wildman–Crippen MR) is 144 cm³/mol. The number of hydrogen-bond acceptors (Lipinski definition) is 8. The highest BCUT2D eigenvalue weighted by Gasteiger charge is 2.25. The van der Waals surface area contributed by atoms with Gasteiger partial charge in [-0.2, -0.15) is 0 Å². The number of ether oxygens (including phenoxy) is 3. The van der Waals surface area contributed by atoms with Crippen molar-refractivity contribution in [3.63, 3.8) is 0 Å². The lowest BCUT2D eigenvalue weighted by Gasteiger charge is -2.34. The van der Waals surface area contributed by atoms with Crippen LogP contribution in [0.25, 0.3) is 0 Å². The lowest BCUT2D eigenvalue weighted by atomic mass is 10.0. The van der Waals surface area contributed by atoms with E-state index in [4.69, 9.17) is 43.1 Å². The normalized spacial score (nSPS) is 20.4. The van der Waals surface area contributed by atoms with E-state index in [2.05, 4.69) is 26.8 Å². The maximum Gasteiger partial charge on any atom is 0.163 e. The van der Waals surface area contributed by atoms with Crippen molar-refractivity contribution in [1.82, 2.24) is 4.98 Å². The number of allylic oxidation sites excluding steroid dienone is 3. The SMILES string of the molecule is C=C/N=C1/C=C(OCC2CN(c3ccncc3)CCO2)C(OC)=C/C1=C(/N)Nc1ccc(Cl)c(Cl)c1. The summed E-state index contributed by atoms with van der Waals surface area (Å²) in [4.78, 5) is 10.7. The Hall–Kier alpha value is -3.46. The Balaban J connectivity index is 1.49. The van der Waals surface area contributed by atoms with Crippen molar-refractivity contribution in [2.45, 2.75) is 6.10 Å². The van der Waals surface area contributed by atoms with E-state index in [0.717, 1.165) is 12.2 Å². The number of morpholine rings is 1. The van der Waals surface area contributed by atoms with Crippen molar-refractivity contribution >= 4 is 40.3 Å². The predicted octanol–water partition coefficient (Wildman–Crippen LogP) is 4.90. The molecule has 1 fully saturated rings. The van der Waals surface area contributed by atoms with Crippen molar-refractivity contribution in [2.75, 3.05) is 43.6 Å². The molecule has 4 rings (SSSR count).